The standard InChI is InChI=1S/C24H20Br2Cl2N2O2/c25-21-11-16(12-22(26)24(21)32-15-17-1-2-18(27)13-23(17)28)14-29-19-3-5-20(6-4-19)30-7-9-31-10-8-30/h1-6,11-14H,7-10,15H2. The summed E-state index contributed by atoms with van der Waals surface area (Å²) >= 11 is 19.4. The largest absolute Gasteiger partial charge is 0.486 e. The maximum Gasteiger partial charge on any atom is 0.148 e. The predicted molar refractivity (Wildman–Crippen MR) is 139 cm³/mol. The molecule has 1 heterocycles. The fourth-order valence-corrected chi connectivity index (χ4v) is 5.21. The summed E-state index contributed by atoms with van der Waals surface area (Å²) in [5, 5.41) is 1.17. The number of morpholine rings is 1. The highest BCUT2D eigenvalue weighted by atomic mass is 79.9. The van der Waals surface area contributed by atoms with Crippen LogP contribution in [-0.4, -0.2) is 32.5 Å². The zero-order valence-electron chi connectivity index (χ0n) is 17.0. The highest BCUT2D eigenvalue weighted by Crippen LogP contribution is 2.36. The van der Waals surface area contributed by atoms with Crippen molar-refractivity contribution in [3.8, 4) is 5.75 Å². The minimum Gasteiger partial charge on any atom is -0.486 e. The number of halogens is 4. The SMILES string of the molecule is Clc1ccc(COc2c(Br)cc(C=Nc3ccc(N4CCOCC4)cc3)cc2Br)c(Cl)c1. The van der Waals surface area contributed by atoms with Gasteiger partial charge in [0.15, 0.2) is 0 Å². The number of rotatable bonds is 6. The Labute approximate surface area is 214 Å². The van der Waals surface area contributed by atoms with Crippen molar-refractivity contribution in [1.29, 1.82) is 0 Å². The first-order valence-electron chi connectivity index (χ1n) is 10.0. The lowest BCUT2D eigenvalue weighted by atomic mass is 10.2. The molecule has 8 heteroatoms. The fourth-order valence-electron chi connectivity index (χ4n) is 3.30. The van der Waals surface area contributed by atoms with Crippen LogP contribution in [0.25, 0.3) is 0 Å². The van der Waals surface area contributed by atoms with Gasteiger partial charge in [0.25, 0.3) is 0 Å². The van der Waals surface area contributed by atoms with Crippen molar-refractivity contribution in [2.75, 3.05) is 31.2 Å². The van der Waals surface area contributed by atoms with Gasteiger partial charge in [-0.2, -0.15) is 0 Å². The van der Waals surface area contributed by atoms with E-state index in [1.807, 2.05) is 36.5 Å². The molecule has 0 unspecified atom stereocenters. The lowest BCUT2D eigenvalue weighted by Gasteiger charge is -2.28. The third-order valence-electron chi connectivity index (χ3n) is 5.00. The number of hydrogen-bond acceptors (Lipinski definition) is 4. The highest BCUT2D eigenvalue weighted by molar-refractivity contribution is 9.11. The van der Waals surface area contributed by atoms with Crippen molar-refractivity contribution in [3.05, 3.63) is 84.7 Å². The molecular weight excluding hydrogens is 579 g/mol. The van der Waals surface area contributed by atoms with E-state index in [1.54, 1.807) is 12.1 Å². The summed E-state index contributed by atoms with van der Waals surface area (Å²) in [6, 6.07) is 17.5. The molecular formula is C24H20Br2Cl2N2O2. The molecule has 0 bridgehead atoms. The van der Waals surface area contributed by atoms with E-state index in [1.165, 1.54) is 5.69 Å². The minimum atomic E-state index is 0.329. The zero-order chi connectivity index (χ0) is 22.5. The van der Waals surface area contributed by atoms with Crippen LogP contribution < -0.4 is 9.64 Å². The van der Waals surface area contributed by atoms with Crippen molar-refractivity contribution >= 4 is 72.7 Å². The summed E-state index contributed by atoms with van der Waals surface area (Å²) in [5.41, 5.74) is 3.89. The van der Waals surface area contributed by atoms with Crippen LogP contribution in [0.3, 0.4) is 0 Å². The van der Waals surface area contributed by atoms with Crippen LogP contribution in [0.15, 0.2) is 68.5 Å². The van der Waals surface area contributed by atoms with Gasteiger partial charge in [-0.1, -0.05) is 29.3 Å². The van der Waals surface area contributed by atoms with E-state index in [0.29, 0.717) is 22.4 Å². The van der Waals surface area contributed by atoms with E-state index in [0.717, 1.165) is 52.1 Å². The van der Waals surface area contributed by atoms with Gasteiger partial charge in [0.1, 0.15) is 12.4 Å². The maximum atomic E-state index is 6.24. The Hall–Kier alpha value is -1.57. The van der Waals surface area contributed by atoms with Crippen LogP contribution in [0, 0.1) is 0 Å². The van der Waals surface area contributed by atoms with E-state index >= 15 is 0 Å². The Morgan fingerprint density at radius 3 is 2.31 bits per heavy atom. The molecule has 1 aliphatic rings. The molecule has 0 atom stereocenters. The van der Waals surface area contributed by atoms with Crippen LogP contribution in [-0.2, 0) is 11.3 Å². The molecule has 0 aliphatic carbocycles. The molecule has 166 valence electrons. The van der Waals surface area contributed by atoms with Crippen molar-refractivity contribution in [3.63, 3.8) is 0 Å². The summed E-state index contributed by atoms with van der Waals surface area (Å²) in [6.45, 7) is 3.72. The summed E-state index contributed by atoms with van der Waals surface area (Å²) in [5.74, 6) is 0.697. The summed E-state index contributed by atoms with van der Waals surface area (Å²) in [7, 11) is 0. The molecule has 3 aromatic carbocycles. The Bertz CT molecular complexity index is 1090. The summed E-state index contributed by atoms with van der Waals surface area (Å²) in [6.07, 6.45) is 1.83. The molecule has 4 nitrogen and oxygen atoms in total. The van der Waals surface area contributed by atoms with Crippen LogP contribution in [0.5, 0.6) is 5.75 Å². The van der Waals surface area contributed by atoms with Crippen LogP contribution in [0.4, 0.5) is 11.4 Å². The molecule has 1 fully saturated rings. The van der Waals surface area contributed by atoms with Gasteiger partial charge in [0.2, 0.25) is 0 Å². The summed E-state index contributed by atoms with van der Waals surface area (Å²) < 4.78 is 13.0. The van der Waals surface area contributed by atoms with E-state index in [9.17, 15) is 0 Å². The van der Waals surface area contributed by atoms with Gasteiger partial charge in [-0.25, -0.2) is 0 Å². The van der Waals surface area contributed by atoms with E-state index < -0.39 is 0 Å². The zero-order valence-corrected chi connectivity index (χ0v) is 21.7. The lowest BCUT2D eigenvalue weighted by molar-refractivity contribution is 0.122. The van der Waals surface area contributed by atoms with Gasteiger partial charge in [0.05, 0.1) is 27.8 Å². The molecule has 0 saturated carbocycles. The molecule has 32 heavy (non-hydrogen) atoms. The van der Waals surface area contributed by atoms with Crippen molar-refractivity contribution in [2.45, 2.75) is 6.61 Å². The molecule has 3 aromatic rings. The van der Waals surface area contributed by atoms with Gasteiger partial charge >= 0.3 is 0 Å². The van der Waals surface area contributed by atoms with E-state index in [4.69, 9.17) is 32.7 Å². The number of anilines is 1. The van der Waals surface area contributed by atoms with Crippen LogP contribution in [0.2, 0.25) is 10.0 Å². The molecule has 4 rings (SSSR count). The van der Waals surface area contributed by atoms with Crippen molar-refractivity contribution in [2.24, 2.45) is 4.99 Å². The lowest BCUT2D eigenvalue weighted by Crippen LogP contribution is -2.36. The number of benzene rings is 3. The minimum absolute atomic E-state index is 0.329. The van der Waals surface area contributed by atoms with Gasteiger partial charge in [-0.3, -0.25) is 4.99 Å². The molecule has 0 N–H and O–H groups in total. The smallest absolute Gasteiger partial charge is 0.148 e. The third-order valence-corrected chi connectivity index (χ3v) is 6.76. The van der Waals surface area contributed by atoms with Gasteiger partial charge < -0.3 is 14.4 Å². The number of nitrogens with zero attached hydrogens (tertiary/aromatic N) is 2. The number of ether oxygens (including phenoxy) is 2. The highest BCUT2D eigenvalue weighted by Gasteiger charge is 2.12. The Kier molecular flexibility index (Phi) is 8.13. The van der Waals surface area contributed by atoms with Crippen molar-refractivity contribution in [1.82, 2.24) is 0 Å². The first-order chi connectivity index (χ1) is 15.5. The first-order valence-corrected chi connectivity index (χ1v) is 12.4. The molecule has 0 aromatic heterocycles. The van der Waals surface area contributed by atoms with E-state index in [2.05, 4.69) is 53.9 Å². The molecule has 0 spiro atoms. The molecule has 1 aliphatic heterocycles. The second-order valence-corrected chi connectivity index (χ2v) is 9.76. The van der Waals surface area contributed by atoms with Crippen LogP contribution >= 0.6 is 55.1 Å². The third kappa shape index (κ3) is 6.06. The van der Waals surface area contributed by atoms with Gasteiger partial charge in [0, 0.05) is 40.6 Å². The number of aliphatic imine (C=N–C) groups is 1. The van der Waals surface area contributed by atoms with Gasteiger partial charge in [-0.15, -0.1) is 0 Å². The molecule has 1 saturated heterocycles. The molecule has 0 amide bonds. The quantitative estimate of drug-likeness (QED) is 0.273. The Morgan fingerprint density at radius 1 is 0.969 bits per heavy atom. The second kappa shape index (κ2) is 11.0. The van der Waals surface area contributed by atoms with Gasteiger partial charge in [-0.05, 0) is 86.0 Å². The average molecular weight is 599 g/mol. The average Bonchev–Trinajstić information content (AvgIpc) is 2.79. The predicted octanol–water partition coefficient (Wildman–Crippen LogP) is 7.68. The monoisotopic (exact) mass is 596 g/mol. The second-order valence-electron chi connectivity index (χ2n) is 7.21. The topological polar surface area (TPSA) is 34.1 Å². The summed E-state index contributed by atoms with van der Waals surface area (Å²) in [4.78, 5) is 6.93. The molecule has 0 radical (unpaired) electrons. The fraction of sp³-hybridized carbons (Fsp3) is 0.208. The van der Waals surface area contributed by atoms with Crippen LogP contribution in [0.1, 0.15) is 11.1 Å². The Balaban J connectivity index is 1.42. The first kappa shape index (κ1) is 23.6. The normalized spacial score (nSPS) is 14.2. The van der Waals surface area contributed by atoms with E-state index in [-0.39, 0.29) is 0 Å². The Morgan fingerprint density at radius 2 is 1.66 bits per heavy atom. The number of hydrogen-bond donors (Lipinski definition) is 0. The maximum absolute atomic E-state index is 6.24. The van der Waals surface area contributed by atoms with Crippen molar-refractivity contribution < 1.29 is 9.47 Å².